The molecule has 1 saturated carbocycles. The molecule has 3 heterocycles. The topological polar surface area (TPSA) is 206 Å². The quantitative estimate of drug-likeness (QED) is 0.179. The van der Waals surface area contributed by atoms with E-state index in [0.717, 1.165) is 32.1 Å². The number of likely N-dealkylation sites (N-methyl/N-ethyl adjacent to an activating group) is 1. The Labute approximate surface area is 273 Å². The largest absolute Gasteiger partial charge is 0.463 e. The number of rotatable bonds is 11. The zero-order valence-electron chi connectivity index (χ0n) is 27.8. The Morgan fingerprint density at radius 1 is 1.15 bits per heavy atom. The summed E-state index contributed by atoms with van der Waals surface area (Å²) in [6.45, 7) is 5.66. The molecule has 5 atom stereocenters. The molecule has 0 unspecified atom stereocenters. The van der Waals surface area contributed by atoms with Gasteiger partial charge in [0, 0.05) is 13.3 Å². The molecule has 0 aromatic carbocycles. The number of nitrogens with one attached hydrogen (secondary N) is 1. The number of aromatic nitrogens is 3. The Hall–Kier alpha value is -3.86. The molecule has 1 aliphatic carbocycles. The molecular weight excluding hydrogens is 616 g/mol. The van der Waals surface area contributed by atoms with Gasteiger partial charge in [-0.2, -0.15) is 5.10 Å². The number of esters is 3. The molecule has 4 N–H and O–H groups in total. The fraction of sp³-hybridized carbons (Fsp3) is 0.677. The number of fused-ring (bicyclic) bond motifs is 1. The first kappa shape index (κ1) is 36.0. The van der Waals surface area contributed by atoms with Crippen LogP contribution in [0.15, 0.2) is 18.5 Å². The molecule has 260 valence electrons. The Kier molecular flexibility index (Phi) is 11.4. The lowest BCUT2D eigenvalue weighted by Gasteiger charge is -2.38. The Morgan fingerprint density at radius 3 is 2.49 bits per heavy atom. The smallest absolute Gasteiger partial charge is 0.415 e. The molecule has 1 amide bonds. The van der Waals surface area contributed by atoms with Gasteiger partial charge in [-0.25, -0.2) is 14.3 Å². The van der Waals surface area contributed by atoms with Crippen molar-refractivity contribution in [3.63, 3.8) is 0 Å². The van der Waals surface area contributed by atoms with Crippen molar-refractivity contribution in [2.24, 2.45) is 17.1 Å². The molecule has 1 saturated heterocycles. The summed E-state index contributed by atoms with van der Waals surface area (Å²) in [6.07, 6.45) is 1.86. The van der Waals surface area contributed by atoms with E-state index in [1.807, 2.05) is 0 Å². The van der Waals surface area contributed by atoms with E-state index >= 15 is 0 Å². The molecule has 0 radical (unpaired) electrons. The van der Waals surface area contributed by atoms with Crippen molar-refractivity contribution in [2.75, 3.05) is 32.8 Å². The summed E-state index contributed by atoms with van der Waals surface area (Å²) in [5.74, 6) is -1.47. The Bertz CT molecular complexity index is 1440. The molecule has 2 fully saturated rings. The van der Waals surface area contributed by atoms with Crippen LogP contribution in [0.3, 0.4) is 0 Å². The molecule has 47 heavy (non-hydrogen) atoms. The first-order chi connectivity index (χ1) is 22.1. The van der Waals surface area contributed by atoms with E-state index in [1.165, 1.54) is 17.8 Å². The average Bonchev–Trinajstić information content (AvgIpc) is 3.56. The first-order valence-electron chi connectivity index (χ1n) is 15.7. The molecule has 1 aliphatic heterocycles. The summed E-state index contributed by atoms with van der Waals surface area (Å²) in [4.78, 5) is 55.1. The summed E-state index contributed by atoms with van der Waals surface area (Å²) in [7, 11) is 3.32. The van der Waals surface area contributed by atoms with Crippen LogP contribution in [0.1, 0.15) is 71.9 Å². The minimum atomic E-state index is -1.69. The summed E-state index contributed by atoms with van der Waals surface area (Å²) in [5, 5.41) is 18.8. The second-order valence-corrected chi connectivity index (χ2v) is 13.3. The zero-order chi connectivity index (χ0) is 34.5. The van der Waals surface area contributed by atoms with E-state index in [2.05, 4.69) is 20.1 Å². The predicted octanol–water partition coefficient (Wildman–Crippen LogP) is 2.07. The highest BCUT2D eigenvalue weighted by Crippen LogP contribution is 2.44. The lowest BCUT2D eigenvalue weighted by atomic mass is 9.87. The van der Waals surface area contributed by atoms with E-state index < -0.39 is 66.3 Å². The van der Waals surface area contributed by atoms with Crippen LogP contribution in [0.4, 0.5) is 10.6 Å². The van der Waals surface area contributed by atoms with Crippen molar-refractivity contribution in [1.82, 2.24) is 19.5 Å². The maximum Gasteiger partial charge on any atom is 0.415 e. The third-order valence-corrected chi connectivity index (χ3v) is 8.59. The van der Waals surface area contributed by atoms with Gasteiger partial charge in [-0.3, -0.25) is 24.6 Å². The maximum atomic E-state index is 13.2. The van der Waals surface area contributed by atoms with Gasteiger partial charge in [0.25, 0.3) is 0 Å². The third-order valence-electron chi connectivity index (χ3n) is 8.59. The minimum Gasteiger partial charge on any atom is -0.463 e. The van der Waals surface area contributed by atoms with Crippen molar-refractivity contribution in [1.29, 1.82) is 0 Å². The summed E-state index contributed by atoms with van der Waals surface area (Å²) in [6, 6.07) is 2.18. The lowest BCUT2D eigenvalue weighted by Crippen LogP contribution is -2.53. The zero-order valence-corrected chi connectivity index (χ0v) is 27.8. The highest BCUT2D eigenvalue weighted by Gasteiger charge is 2.61. The minimum absolute atomic E-state index is 0.0489. The number of nitrogens with zero attached hydrogens (tertiary/aromatic N) is 4. The highest BCUT2D eigenvalue weighted by atomic mass is 16.7. The Balaban J connectivity index is 1.64. The van der Waals surface area contributed by atoms with E-state index in [4.69, 9.17) is 24.7 Å². The lowest BCUT2D eigenvalue weighted by molar-refractivity contribution is -0.187. The molecule has 2 aromatic rings. The van der Waals surface area contributed by atoms with Crippen LogP contribution in [0.5, 0.6) is 0 Å². The van der Waals surface area contributed by atoms with Crippen LogP contribution in [-0.4, -0.2) is 100 Å². The SMILES string of the molecule is CC(=O)OCOC(=O)Nc1ncnn2c([C@]3(N(C)C)O[C@H](COC(=O)CC4CCCCC4)[C@@H](OC(=O)[C@@H](N)C(C)(C)C)[C@H]3O)ccc12. The fourth-order valence-corrected chi connectivity index (χ4v) is 5.90. The molecule has 16 nitrogen and oxygen atoms in total. The van der Waals surface area contributed by atoms with E-state index in [-0.39, 0.29) is 24.8 Å². The van der Waals surface area contributed by atoms with Gasteiger partial charge in [-0.05, 0) is 50.4 Å². The number of anilines is 1. The van der Waals surface area contributed by atoms with Crippen LogP contribution in [0.2, 0.25) is 0 Å². The number of aliphatic hydroxyl groups excluding tert-OH is 1. The van der Waals surface area contributed by atoms with Crippen molar-refractivity contribution in [2.45, 2.75) is 96.3 Å². The van der Waals surface area contributed by atoms with Gasteiger partial charge < -0.3 is 34.5 Å². The van der Waals surface area contributed by atoms with E-state index in [9.17, 15) is 24.3 Å². The number of carbonyl (C=O) groups is 4. The molecule has 0 spiro atoms. The van der Waals surface area contributed by atoms with Gasteiger partial charge in [-0.1, -0.05) is 40.0 Å². The van der Waals surface area contributed by atoms with Crippen LogP contribution in [0.25, 0.3) is 5.52 Å². The van der Waals surface area contributed by atoms with E-state index in [0.29, 0.717) is 11.2 Å². The number of ether oxygens (including phenoxy) is 5. The van der Waals surface area contributed by atoms with Gasteiger partial charge in [0.2, 0.25) is 6.79 Å². The molecular formula is C31H46N6O10. The monoisotopic (exact) mass is 662 g/mol. The van der Waals surface area contributed by atoms with Gasteiger partial charge in [0.1, 0.15) is 36.7 Å². The second-order valence-electron chi connectivity index (χ2n) is 13.3. The normalized spacial score (nSPS) is 24.1. The van der Waals surface area contributed by atoms with Crippen LogP contribution in [0, 0.1) is 11.3 Å². The van der Waals surface area contributed by atoms with Crippen molar-refractivity contribution >= 4 is 35.3 Å². The average molecular weight is 663 g/mol. The molecule has 16 heteroatoms. The summed E-state index contributed by atoms with van der Waals surface area (Å²) >= 11 is 0. The molecule has 2 aromatic heterocycles. The van der Waals surface area contributed by atoms with Gasteiger partial charge in [0.05, 0.1) is 5.69 Å². The fourth-order valence-electron chi connectivity index (χ4n) is 5.90. The predicted molar refractivity (Wildman–Crippen MR) is 165 cm³/mol. The Morgan fingerprint density at radius 2 is 1.85 bits per heavy atom. The van der Waals surface area contributed by atoms with Crippen LogP contribution in [-0.2, 0) is 43.8 Å². The number of nitrogens with two attached hydrogens (primary N) is 1. The summed E-state index contributed by atoms with van der Waals surface area (Å²) in [5.41, 5.74) is 4.47. The maximum absolute atomic E-state index is 13.2. The molecule has 4 rings (SSSR count). The van der Waals surface area contributed by atoms with Crippen LogP contribution < -0.4 is 11.1 Å². The van der Waals surface area contributed by atoms with Crippen molar-refractivity contribution in [3.8, 4) is 0 Å². The second kappa shape index (κ2) is 14.9. The highest BCUT2D eigenvalue weighted by molar-refractivity contribution is 5.88. The molecule has 2 aliphatic rings. The number of amides is 1. The van der Waals surface area contributed by atoms with Gasteiger partial charge in [-0.15, -0.1) is 0 Å². The van der Waals surface area contributed by atoms with Gasteiger partial charge in [0.15, 0.2) is 17.6 Å². The number of hydrogen-bond donors (Lipinski definition) is 3. The van der Waals surface area contributed by atoms with E-state index in [1.54, 1.807) is 51.9 Å². The van der Waals surface area contributed by atoms with Crippen molar-refractivity contribution in [3.05, 3.63) is 24.2 Å². The number of carbonyl (C=O) groups excluding carboxylic acids is 4. The summed E-state index contributed by atoms with van der Waals surface area (Å²) < 4.78 is 28.9. The number of aliphatic hydroxyl groups is 1. The number of hydrogen-bond acceptors (Lipinski definition) is 14. The molecule has 0 bridgehead atoms. The first-order valence-corrected chi connectivity index (χ1v) is 15.7. The van der Waals surface area contributed by atoms with Crippen LogP contribution >= 0.6 is 0 Å². The third kappa shape index (κ3) is 8.17. The van der Waals surface area contributed by atoms with Crippen molar-refractivity contribution < 1.29 is 48.0 Å². The van der Waals surface area contributed by atoms with Gasteiger partial charge >= 0.3 is 24.0 Å². The standard InChI is InChI=1S/C31H46N6O10/c1-18(38)44-17-45-29(42)35-27-20-12-13-22(37(20)34-16-33-27)31(36(5)6)26(40)24(46-28(41)25(32)30(2,3)4)21(47-31)15-43-23(39)14-19-10-8-7-9-11-19/h12-13,16,19,21,24-26,40H,7-11,14-15,17,32H2,1-6H3,(H,33,34,35,42)/t21-,24-,25-,26-,31+/m1/s1.